The van der Waals surface area contributed by atoms with Crippen molar-refractivity contribution in [1.29, 1.82) is 0 Å². The Balaban J connectivity index is 1.72. The van der Waals surface area contributed by atoms with E-state index in [1.165, 1.54) is 37.9 Å². The number of aliphatic imine (C=N–C) groups is 1. The van der Waals surface area contributed by atoms with E-state index in [1.54, 1.807) is 0 Å². The van der Waals surface area contributed by atoms with E-state index in [1.807, 2.05) is 7.05 Å². The van der Waals surface area contributed by atoms with Gasteiger partial charge in [-0.3, -0.25) is 4.99 Å². The predicted octanol–water partition coefficient (Wildman–Crippen LogP) is 2.86. The first-order valence-electron chi connectivity index (χ1n) is 9.20. The van der Waals surface area contributed by atoms with Crippen LogP contribution in [0.25, 0.3) is 0 Å². The average Bonchev–Trinajstić information content (AvgIpc) is 2.60. The highest BCUT2D eigenvalue weighted by Gasteiger charge is 2.21. The van der Waals surface area contributed by atoms with Crippen LogP contribution in [0.2, 0.25) is 0 Å². The highest BCUT2D eigenvalue weighted by Crippen LogP contribution is 2.21. The normalized spacial score (nSPS) is 17.8. The summed E-state index contributed by atoms with van der Waals surface area (Å²) in [5, 5.41) is 6.96. The lowest BCUT2D eigenvalue weighted by Gasteiger charge is -2.29. The highest BCUT2D eigenvalue weighted by molar-refractivity contribution is 5.79. The van der Waals surface area contributed by atoms with Gasteiger partial charge < -0.3 is 15.5 Å². The van der Waals surface area contributed by atoms with E-state index < -0.39 is 0 Å². The topological polar surface area (TPSA) is 39.7 Å². The van der Waals surface area contributed by atoms with Gasteiger partial charge >= 0.3 is 0 Å². The zero-order chi connectivity index (χ0) is 17.4. The molecule has 134 valence electrons. The van der Waals surface area contributed by atoms with Crippen LogP contribution < -0.4 is 10.6 Å². The first kappa shape index (κ1) is 18.8. The molecule has 0 saturated carbocycles. The third-order valence-electron chi connectivity index (χ3n) is 5.16. The number of rotatable bonds is 6. The molecule has 0 aromatic heterocycles. The second kappa shape index (κ2) is 9.07. The van der Waals surface area contributed by atoms with E-state index in [2.05, 4.69) is 71.8 Å². The van der Waals surface area contributed by atoms with Crippen LogP contribution in [0.5, 0.6) is 0 Å². The van der Waals surface area contributed by atoms with Crippen LogP contribution in [0, 0.1) is 5.92 Å². The van der Waals surface area contributed by atoms with E-state index in [4.69, 9.17) is 0 Å². The molecule has 1 aromatic rings. The van der Waals surface area contributed by atoms with E-state index in [0.717, 1.165) is 25.0 Å². The molecule has 1 aliphatic rings. The first-order chi connectivity index (χ1) is 11.5. The van der Waals surface area contributed by atoms with Gasteiger partial charge in [0, 0.05) is 25.6 Å². The number of hydrogen-bond acceptors (Lipinski definition) is 2. The summed E-state index contributed by atoms with van der Waals surface area (Å²) in [6.07, 6.45) is 3.88. The van der Waals surface area contributed by atoms with Gasteiger partial charge in [0.15, 0.2) is 5.96 Å². The van der Waals surface area contributed by atoms with Crippen LogP contribution in [0.15, 0.2) is 35.3 Å². The van der Waals surface area contributed by atoms with Gasteiger partial charge in [0.25, 0.3) is 0 Å². The largest absolute Gasteiger partial charge is 0.356 e. The lowest BCUT2D eigenvalue weighted by Crippen LogP contribution is -2.44. The minimum Gasteiger partial charge on any atom is -0.356 e. The molecular formula is C20H34N4. The molecule has 1 heterocycles. The molecule has 0 radical (unpaired) electrons. The van der Waals surface area contributed by atoms with Crippen molar-refractivity contribution in [3.8, 4) is 0 Å². The Kier molecular flexibility index (Phi) is 7.10. The minimum absolute atomic E-state index is 0.0762. The molecule has 24 heavy (non-hydrogen) atoms. The molecule has 1 saturated heterocycles. The van der Waals surface area contributed by atoms with Crippen molar-refractivity contribution in [2.45, 2.75) is 38.5 Å². The third-order valence-corrected chi connectivity index (χ3v) is 5.16. The van der Waals surface area contributed by atoms with Gasteiger partial charge in [-0.15, -0.1) is 0 Å². The zero-order valence-electron chi connectivity index (χ0n) is 15.8. The van der Waals surface area contributed by atoms with Crippen LogP contribution in [0.3, 0.4) is 0 Å². The summed E-state index contributed by atoms with van der Waals surface area (Å²) in [6, 6.07) is 10.7. The van der Waals surface area contributed by atoms with E-state index in [9.17, 15) is 0 Å². The van der Waals surface area contributed by atoms with Crippen LogP contribution in [-0.4, -0.2) is 51.1 Å². The quantitative estimate of drug-likeness (QED) is 0.622. The van der Waals surface area contributed by atoms with Crippen LogP contribution in [0.4, 0.5) is 0 Å². The van der Waals surface area contributed by atoms with Crippen molar-refractivity contribution < 1.29 is 0 Å². The van der Waals surface area contributed by atoms with Gasteiger partial charge in [-0.05, 0) is 50.9 Å². The predicted molar refractivity (Wildman–Crippen MR) is 104 cm³/mol. The zero-order valence-corrected chi connectivity index (χ0v) is 15.8. The Morgan fingerprint density at radius 1 is 1.17 bits per heavy atom. The molecule has 0 spiro atoms. The van der Waals surface area contributed by atoms with E-state index >= 15 is 0 Å². The fourth-order valence-corrected chi connectivity index (χ4v) is 3.26. The van der Waals surface area contributed by atoms with Gasteiger partial charge in [-0.1, -0.05) is 44.2 Å². The Bertz CT molecular complexity index is 502. The highest BCUT2D eigenvalue weighted by atomic mass is 15.2. The maximum absolute atomic E-state index is 4.37. The van der Waals surface area contributed by atoms with Crippen molar-refractivity contribution in [2.24, 2.45) is 10.9 Å². The number of nitrogens with one attached hydrogen (secondary N) is 2. The number of benzene rings is 1. The van der Waals surface area contributed by atoms with Crippen LogP contribution in [0.1, 0.15) is 38.7 Å². The second-order valence-electron chi connectivity index (χ2n) is 7.64. The molecule has 1 aliphatic heterocycles. The van der Waals surface area contributed by atoms with Crippen molar-refractivity contribution in [3.05, 3.63) is 35.9 Å². The standard InChI is InChI=1S/C20H34N4/c1-20(2,18-8-6-5-7-9-18)16-23-19(21-3)22-13-10-17-11-14-24(4)15-12-17/h5-9,17H,10-16H2,1-4H3,(H2,21,22,23). The smallest absolute Gasteiger partial charge is 0.191 e. The molecule has 1 fully saturated rings. The molecule has 4 nitrogen and oxygen atoms in total. The van der Waals surface area contributed by atoms with E-state index in [-0.39, 0.29) is 5.41 Å². The molecule has 0 atom stereocenters. The fourth-order valence-electron chi connectivity index (χ4n) is 3.26. The maximum atomic E-state index is 4.37. The summed E-state index contributed by atoms with van der Waals surface area (Å²) >= 11 is 0. The molecule has 0 bridgehead atoms. The van der Waals surface area contributed by atoms with Gasteiger partial charge in [-0.2, -0.15) is 0 Å². The van der Waals surface area contributed by atoms with Crippen molar-refractivity contribution in [2.75, 3.05) is 40.3 Å². The van der Waals surface area contributed by atoms with Crippen LogP contribution >= 0.6 is 0 Å². The van der Waals surface area contributed by atoms with Crippen LogP contribution in [-0.2, 0) is 5.41 Å². The van der Waals surface area contributed by atoms with E-state index in [0.29, 0.717) is 0 Å². The number of hydrogen-bond donors (Lipinski definition) is 2. The summed E-state index contributed by atoms with van der Waals surface area (Å²) in [7, 11) is 4.06. The summed E-state index contributed by atoms with van der Waals surface area (Å²) in [5.41, 5.74) is 1.42. The lowest BCUT2D eigenvalue weighted by molar-refractivity contribution is 0.213. The Hall–Kier alpha value is -1.55. The molecule has 0 amide bonds. The molecule has 2 N–H and O–H groups in total. The fraction of sp³-hybridized carbons (Fsp3) is 0.650. The lowest BCUT2D eigenvalue weighted by atomic mass is 9.85. The molecule has 2 rings (SSSR count). The molecule has 1 aromatic carbocycles. The Morgan fingerprint density at radius 2 is 1.83 bits per heavy atom. The monoisotopic (exact) mass is 330 g/mol. The Labute approximate surface area is 147 Å². The Morgan fingerprint density at radius 3 is 2.46 bits per heavy atom. The first-order valence-corrected chi connectivity index (χ1v) is 9.20. The van der Waals surface area contributed by atoms with Crippen molar-refractivity contribution in [3.63, 3.8) is 0 Å². The minimum atomic E-state index is 0.0762. The summed E-state index contributed by atoms with van der Waals surface area (Å²) < 4.78 is 0. The molecular weight excluding hydrogens is 296 g/mol. The van der Waals surface area contributed by atoms with Crippen molar-refractivity contribution >= 4 is 5.96 Å². The number of piperidine rings is 1. The van der Waals surface area contributed by atoms with Gasteiger partial charge in [0.05, 0.1) is 0 Å². The van der Waals surface area contributed by atoms with Gasteiger partial charge in [-0.25, -0.2) is 0 Å². The van der Waals surface area contributed by atoms with Crippen molar-refractivity contribution in [1.82, 2.24) is 15.5 Å². The van der Waals surface area contributed by atoms with Gasteiger partial charge in [0.2, 0.25) is 0 Å². The summed E-state index contributed by atoms with van der Waals surface area (Å²) in [4.78, 5) is 6.79. The third kappa shape index (κ3) is 5.82. The SMILES string of the molecule is CN=C(NCCC1CCN(C)CC1)NCC(C)(C)c1ccccc1. The molecule has 0 aliphatic carbocycles. The second-order valence-corrected chi connectivity index (χ2v) is 7.64. The summed E-state index contributed by atoms with van der Waals surface area (Å²) in [5.74, 6) is 1.76. The number of guanidine groups is 1. The molecule has 0 unspecified atom stereocenters. The summed E-state index contributed by atoms with van der Waals surface area (Å²) in [6.45, 7) is 8.87. The maximum Gasteiger partial charge on any atom is 0.191 e. The number of nitrogens with zero attached hydrogens (tertiary/aromatic N) is 2. The average molecular weight is 331 g/mol. The van der Waals surface area contributed by atoms with Gasteiger partial charge in [0.1, 0.15) is 0 Å². The number of likely N-dealkylation sites (tertiary alicyclic amines) is 1. The molecule has 4 heteroatoms.